The van der Waals surface area contributed by atoms with Gasteiger partial charge in [-0.3, -0.25) is 4.79 Å². The summed E-state index contributed by atoms with van der Waals surface area (Å²) in [6, 6.07) is 24.6. The molecule has 0 radical (unpaired) electrons. The number of aliphatic hydroxyl groups excluding tert-OH is 1. The highest BCUT2D eigenvalue weighted by molar-refractivity contribution is 5.93. The highest BCUT2D eigenvalue weighted by atomic mass is 16.5. The van der Waals surface area contributed by atoms with Crippen molar-refractivity contribution in [1.29, 1.82) is 0 Å². The first-order valence-electron chi connectivity index (χ1n) is 12.0. The molecule has 0 spiro atoms. The average Bonchev–Trinajstić information content (AvgIpc) is 2.90. The molecule has 184 valence electrons. The highest BCUT2D eigenvalue weighted by Gasteiger charge is 2.54. The second-order valence-electron chi connectivity index (χ2n) is 9.09. The van der Waals surface area contributed by atoms with Gasteiger partial charge in [-0.1, -0.05) is 66.7 Å². The molecular weight excluding hydrogens is 454 g/mol. The summed E-state index contributed by atoms with van der Waals surface area (Å²) in [6.07, 6.45) is 4.13. The topological polar surface area (TPSA) is 82.1 Å². The van der Waals surface area contributed by atoms with Crippen LogP contribution in [0, 0.1) is 0 Å². The molecule has 0 bridgehead atoms. The number of hydrogen-bond acceptors (Lipinski definition) is 4. The number of carbonyl (C=O) groups is 2. The summed E-state index contributed by atoms with van der Waals surface area (Å²) in [7, 11) is 1.59. The van der Waals surface area contributed by atoms with Gasteiger partial charge in [0, 0.05) is 18.2 Å². The Morgan fingerprint density at radius 2 is 1.67 bits per heavy atom. The van der Waals surface area contributed by atoms with Crippen molar-refractivity contribution in [3.8, 4) is 5.75 Å². The molecule has 0 aliphatic carbocycles. The second kappa shape index (κ2) is 10.3. The van der Waals surface area contributed by atoms with Gasteiger partial charge in [0.25, 0.3) is 0 Å². The van der Waals surface area contributed by atoms with E-state index in [0.717, 1.165) is 16.7 Å². The number of carbonyl (C=O) groups excluding carboxylic acids is 2. The Morgan fingerprint density at radius 1 is 1.00 bits per heavy atom. The Hall–Kier alpha value is -4.10. The SMILES string of the molecule is COc1ccc(NC(=O)N2CC(=O)N3[C@@H](CO)[C@H](c4ccc(/C=C/c5ccccc5)cc4)[C@@H]3C2)cc1. The van der Waals surface area contributed by atoms with Gasteiger partial charge in [-0.05, 0) is 41.0 Å². The maximum atomic E-state index is 12.9. The van der Waals surface area contributed by atoms with Gasteiger partial charge < -0.3 is 25.0 Å². The molecule has 3 aromatic carbocycles. The second-order valence-corrected chi connectivity index (χ2v) is 9.09. The molecule has 3 amide bonds. The molecule has 2 aliphatic heterocycles. The number of benzene rings is 3. The van der Waals surface area contributed by atoms with E-state index in [1.54, 1.807) is 41.2 Å². The number of hydrogen-bond donors (Lipinski definition) is 2. The van der Waals surface area contributed by atoms with Crippen LogP contribution in [-0.4, -0.2) is 65.7 Å². The first-order valence-corrected chi connectivity index (χ1v) is 12.0. The number of fused-ring (bicyclic) bond motifs is 1. The van der Waals surface area contributed by atoms with E-state index in [4.69, 9.17) is 4.74 Å². The number of aliphatic hydroxyl groups is 1. The molecule has 0 aromatic heterocycles. The van der Waals surface area contributed by atoms with E-state index < -0.39 is 0 Å². The molecule has 7 heteroatoms. The predicted molar refractivity (Wildman–Crippen MR) is 140 cm³/mol. The molecule has 0 unspecified atom stereocenters. The van der Waals surface area contributed by atoms with Crippen LogP contribution >= 0.6 is 0 Å². The van der Waals surface area contributed by atoms with Crippen molar-refractivity contribution in [2.45, 2.75) is 18.0 Å². The van der Waals surface area contributed by atoms with Crippen LogP contribution in [0.3, 0.4) is 0 Å². The van der Waals surface area contributed by atoms with Crippen LogP contribution in [0.25, 0.3) is 12.2 Å². The maximum absolute atomic E-state index is 12.9. The number of piperazine rings is 1. The Balaban J connectivity index is 1.28. The van der Waals surface area contributed by atoms with Crippen LogP contribution in [-0.2, 0) is 4.79 Å². The number of nitrogens with zero attached hydrogens (tertiary/aromatic N) is 2. The van der Waals surface area contributed by atoms with Gasteiger partial charge in [-0.25, -0.2) is 4.79 Å². The molecule has 2 N–H and O–H groups in total. The zero-order valence-electron chi connectivity index (χ0n) is 20.1. The third-order valence-electron chi connectivity index (χ3n) is 6.97. The average molecular weight is 484 g/mol. The van der Waals surface area contributed by atoms with Crippen molar-refractivity contribution in [2.24, 2.45) is 0 Å². The first-order chi connectivity index (χ1) is 17.6. The fraction of sp³-hybridized carbons (Fsp3) is 0.241. The molecule has 2 saturated heterocycles. The molecule has 7 nitrogen and oxygen atoms in total. The van der Waals surface area contributed by atoms with Crippen LogP contribution in [0.4, 0.5) is 10.5 Å². The van der Waals surface area contributed by atoms with E-state index >= 15 is 0 Å². The summed E-state index contributed by atoms with van der Waals surface area (Å²) in [5, 5.41) is 12.9. The van der Waals surface area contributed by atoms with Gasteiger partial charge in [0.2, 0.25) is 5.91 Å². The van der Waals surface area contributed by atoms with Crippen LogP contribution < -0.4 is 10.1 Å². The number of rotatable bonds is 6. The van der Waals surface area contributed by atoms with E-state index in [-0.39, 0.29) is 43.1 Å². The minimum Gasteiger partial charge on any atom is -0.497 e. The van der Waals surface area contributed by atoms with Crippen LogP contribution in [0.5, 0.6) is 5.75 Å². The summed E-state index contributed by atoms with van der Waals surface area (Å²) >= 11 is 0. The number of methoxy groups -OCH3 is 1. The van der Waals surface area contributed by atoms with Crippen LogP contribution in [0.1, 0.15) is 22.6 Å². The standard InChI is InChI=1S/C29H29N3O4/c1-36-24-15-13-23(14-16-24)30-29(35)31-17-25-28(26(19-33)32(25)27(34)18-31)22-11-9-21(10-12-22)8-7-20-5-3-2-4-6-20/h2-16,25-26,28,33H,17-19H2,1H3,(H,30,35)/b8-7+/t25-,26-,28+/m0/s1. The van der Waals surface area contributed by atoms with Crippen molar-refractivity contribution >= 4 is 29.8 Å². The van der Waals surface area contributed by atoms with Crippen molar-refractivity contribution in [3.05, 3.63) is 95.6 Å². The van der Waals surface area contributed by atoms with Gasteiger partial charge in [-0.15, -0.1) is 0 Å². The third-order valence-corrected chi connectivity index (χ3v) is 6.97. The predicted octanol–water partition coefficient (Wildman–Crippen LogP) is 4.07. The first kappa shape index (κ1) is 23.6. The molecule has 36 heavy (non-hydrogen) atoms. The van der Waals surface area contributed by atoms with E-state index in [1.165, 1.54) is 0 Å². The lowest BCUT2D eigenvalue weighted by molar-refractivity contribution is -0.159. The van der Waals surface area contributed by atoms with Crippen molar-refractivity contribution in [1.82, 2.24) is 9.80 Å². The zero-order valence-corrected chi connectivity index (χ0v) is 20.1. The van der Waals surface area contributed by atoms with E-state index in [9.17, 15) is 14.7 Å². The molecule has 0 saturated carbocycles. The molecule has 2 aliphatic rings. The molecule has 5 rings (SSSR count). The zero-order chi connectivity index (χ0) is 25.1. The lowest BCUT2D eigenvalue weighted by atomic mass is 9.73. The number of urea groups is 1. The van der Waals surface area contributed by atoms with Gasteiger partial charge in [-0.2, -0.15) is 0 Å². The van der Waals surface area contributed by atoms with E-state index in [2.05, 4.69) is 41.7 Å². The Morgan fingerprint density at radius 3 is 2.31 bits per heavy atom. The van der Waals surface area contributed by atoms with E-state index in [1.807, 2.05) is 30.3 Å². The fourth-order valence-corrected chi connectivity index (χ4v) is 5.12. The van der Waals surface area contributed by atoms with Crippen LogP contribution in [0.15, 0.2) is 78.9 Å². The van der Waals surface area contributed by atoms with E-state index in [0.29, 0.717) is 18.0 Å². The van der Waals surface area contributed by atoms with Crippen molar-refractivity contribution in [3.63, 3.8) is 0 Å². The Labute approximate surface area is 210 Å². The fourth-order valence-electron chi connectivity index (χ4n) is 5.12. The normalized spacial score (nSPS) is 21.2. The van der Waals surface area contributed by atoms with Gasteiger partial charge in [0.15, 0.2) is 0 Å². The Kier molecular flexibility index (Phi) is 6.73. The molecule has 2 fully saturated rings. The monoisotopic (exact) mass is 483 g/mol. The van der Waals surface area contributed by atoms with Crippen molar-refractivity contribution < 1.29 is 19.4 Å². The summed E-state index contributed by atoms with van der Waals surface area (Å²) < 4.78 is 5.16. The van der Waals surface area contributed by atoms with Gasteiger partial charge in [0.05, 0.1) is 25.8 Å². The van der Waals surface area contributed by atoms with Gasteiger partial charge >= 0.3 is 6.03 Å². The largest absolute Gasteiger partial charge is 0.497 e. The number of ether oxygens (including phenoxy) is 1. The minimum atomic E-state index is -0.319. The number of anilines is 1. The smallest absolute Gasteiger partial charge is 0.322 e. The van der Waals surface area contributed by atoms with Gasteiger partial charge in [0.1, 0.15) is 12.3 Å². The quantitative estimate of drug-likeness (QED) is 0.518. The van der Waals surface area contributed by atoms with Crippen LogP contribution in [0.2, 0.25) is 0 Å². The van der Waals surface area contributed by atoms with Crippen molar-refractivity contribution in [2.75, 3.05) is 32.1 Å². The summed E-state index contributed by atoms with van der Waals surface area (Å²) in [5.41, 5.74) is 3.88. The molecule has 3 aromatic rings. The number of amides is 3. The summed E-state index contributed by atoms with van der Waals surface area (Å²) in [6.45, 7) is 0.288. The third kappa shape index (κ3) is 4.70. The summed E-state index contributed by atoms with van der Waals surface area (Å²) in [4.78, 5) is 29.1. The Bertz CT molecular complexity index is 1240. The minimum absolute atomic E-state index is 0.00900. The highest BCUT2D eigenvalue weighted by Crippen LogP contribution is 2.43. The summed E-state index contributed by atoms with van der Waals surface area (Å²) in [5.74, 6) is 0.516. The molecule has 3 atom stereocenters. The molecule has 2 heterocycles. The number of nitrogens with one attached hydrogen (secondary N) is 1. The lowest BCUT2D eigenvalue weighted by Crippen LogP contribution is -2.73. The maximum Gasteiger partial charge on any atom is 0.322 e. The lowest BCUT2D eigenvalue weighted by Gasteiger charge is -2.58. The molecular formula is C29H29N3O4.